The minimum Gasteiger partial charge on any atom is -0.436 e. The van der Waals surface area contributed by atoms with Crippen LogP contribution in [-0.4, -0.2) is 11.2 Å². The molecule has 0 radical (unpaired) electrons. The second-order valence-corrected chi connectivity index (χ2v) is 6.69. The summed E-state index contributed by atoms with van der Waals surface area (Å²) < 4.78 is 5.89. The summed E-state index contributed by atoms with van der Waals surface area (Å²) >= 11 is 12.3. The molecular weight excluding hydrogens is 367 g/mol. The highest BCUT2D eigenvalue weighted by atomic mass is 35.5. The molecule has 0 amide bonds. The van der Waals surface area contributed by atoms with E-state index in [-0.39, 0.29) is 0 Å². The molecule has 0 aliphatic carbocycles. The van der Waals surface area contributed by atoms with E-state index in [4.69, 9.17) is 27.6 Å². The SMILES string of the molecule is Cc1ccccc1-c1nc2cc(N=Cc3c(Cl)cccc3Cl)ccc2o1. The standard InChI is InChI=1S/C21H14Cl2N2O/c1-13-5-2-3-6-15(13)21-25-19-11-14(9-10-20(19)26-21)24-12-16-17(22)7-4-8-18(16)23/h2-12H,1H3. The molecule has 0 fully saturated rings. The molecular formula is C21H14Cl2N2O. The maximum Gasteiger partial charge on any atom is 0.227 e. The van der Waals surface area contributed by atoms with Crippen molar-refractivity contribution in [1.82, 2.24) is 4.98 Å². The van der Waals surface area contributed by atoms with Crippen molar-refractivity contribution in [3.63, 3.8) is 0 Å². The second-order valence-electron chi connectivity index (χ2n) is 5.88. The number of hydrogen-bond donors (Lipinski definition) is 0. The summed E-state index contributed by atoms with van der Waals surface area (Å²) in [4.78, 5) is 9.07. The van der Waals surface area contributed by atoms with E-state index < -0.39 is 0 Å². The third-order valence-corrected chi connectivity index (χ3v) is 4.75. The number of aryl methyl sites for hydroxylation is 1. The van der Waals surface area contributed by atoms with Gasteiger partial charge in [-0.05, 0) is 48.9 Å². The highest BCUT2D eigenvalue weighted by molar-refractivity contribution is 6.38. The smallest absolute Gasteiger partial charge is 0.227 e. The van der Waals surface area contributed by atoms with Crippen LogP contribution in [0.25, 0.3) is 22.6 Å². The Hall–Kier alpha value is -2.62. The molecule has 0 aliphatic heterocycles. The van der Waals surface area contributed by atoms with Crippen LogP contribution in [0.1, 0.15) is 11.1 Å². The zero-order chi connectivity index (χ0) is 18.1. The normalized spacial score (nSPS) is 11.5. The molecule has 1 heterocycles. The van der Waals surface area contributed by atoms with Crippen molar-refractivity contribution in [3.8, 4) is 11.5 Å². The van der Waals surface area contributed by atoms with Crippen LogP contribution in [0.3, 0.4) is 0 Å². The van der Waals surface area contributed by atoms with Gasteiger partial charge in [0.15, 0.2) is 5.58 Å². The zero-order valence-corrected chi connectivity index (χ0v) is 15.4. The maximum atomic E-state index is 6.17. The van der Waals surface area contributed by atoms with Gasteiger partial charge >= 0.3 is 0 Å². The molecule has 0 saturated heterocycles. The average molecular weight is 381 g/mol. The number of hydrogen-bond acceptors (Lipinski definition) is 3. The minimum absolute atomic E-state index is 0.561. The lowest BCUT2D eigenvalue weighted by atomic mass is 10.1. The Kier molecular flexibility index (Phi) is 4.49. The molecule has 3 nitrogen and oxygen atoms in total. The summed E-state index contributed by atoms with van der Waals surface area (Å²) in [6, 6.07) is 19.0. The maximum absolute atomic E-state index is 6.17. The fourth-order valence-corrected chi connectivity index (χ4v) is 3.19. The number of nitrogens with zero attached hydrogens (tertiary/aromatic N) is 2. The summed E-state index contributed by atoms with van der Waals surface area (Å²) in [5.74, 6) is 0.605. The Morgan fingerprint density at radius 2 is 1.73 bits per heavy atom. The zero-order valence-electron chi connectivity index (χ0n) is 13.9. The highest BCUT2D eigenvalue weighted by Crippen LogP contribution is 2.29. The van der Waals surface area contributed by atoms with E-state index in [1.54, 1.807) is 24.4 Å². The van der Waals surface area contributed by atoms with E-state index in [2.05, 4.69) is 9.98 Å². The predicted octanol–water partition coefficient (Wildman–Crippen LogP) is 6.86. The number of halogens is 2. The number of oxazole rings is 1. The summed E-state index contributed by atoms with van der Waals surface area (Å²) in [6.07, 6.45) is 1.66. The highest BCUT2D eigenvalue weighted by Gasteiger charge is 2.10. The first-order chi connectivity index (χ1) is 12.6. The Balaban J connectivity index is 1.70. The molecule has 0 saturated carbocycles. The summed E-state index contributed by atoms with van der Waals surface area (Å²) in [7, 11) is 0. The molecule has 0 spiro atoms. The molecule has 128 valence electrons. The van der Waals surface area contributed by atoms with Crippen LogP contribution < -0.4 is 0 Å². The van der Waals surface area contributed by atoms with E-state index in [0.29, 0.717) is 21.5 Å². The van der Waals surface area contributed by atoms with Gasteiger partial charge in [-0.15, -0.1) is 0 Å². The van der Waals surface area contributed by atoms with Crippen molar-refractivity contribution in [3.05, 3.63) is 81.8 Å². The van der Waals surface area contributed by atoms with Gasteiger partial charge in [0.25, 0.3) is 0 Å². The van der Waals surface area contributed by atoms with Gasteiger partial charge in [0.05, 0.1) is 15.7 Å². The fraction of sp³-hybridized carbons (Fsp3) is 0.0476. The third kappa shape index (κ3) is 3.24. The van der Waals surface area contributed by atoms with Crippen molar-refractivity contribution in [2.24, 2.45) is 4.99 Å². The van der Waals surface area contributed by atoms with Crippen molar-refractivity contribution in [1.29, 1.82) is 0 Å². The van der Waals surface area contributed by atoms with Gasteiger partial charge in [-0.25, -0.2) is 4.98 Å². The Bertz CT molecular complexity index is 1110. The molecule has 4 aromatic rings. The van der Waals surface area contributed by atoms with Gasteiger partial charge < -0.3 is 4.42 Å². The van der Waals surface area contributed by atoms with Crippen LogP contribution in [0.4, 0.5) is 5.69 Å². The number of aliphatic imine (C=N–C) groups is 1. The lowest BCUT2D eigenvalue weighted by molar-refractivity contribution is 0.619. The van der Waals surface area contributed by atoms with Gasteiger partial charge in [-0.2, -0.15) is 0 Å². The summed E-state index contributed by atoms with van der Waals surface area (Å²) in [5, 5.41) is 1.12. The first-order valence-corrected chi connectivity index (χ1v) is 8.82. The Morgan fingerprint density at radius 1 is 0.962 bits per heavy atom. The Labute approximate surface area is 160 Å². The van der Waals surface area contributed by atoms with E-state index >= 15 is 0 Å². The van der Waals surface area contributed by atoms with Crippen LogP contribution in [0.5, 0.6) is 0 Å². The van der Waals surface area contributed by atoms with E-state index in [0.717, 1.165) is 27.9 Å². The monoisotopic (exact) mass is 380 g/mol. The Morgan fingerprint density at radius 3 is 2.50 bits per heavy atom. The van der Waals surface area contributed by atoms with Crippen molar-refractivity contribution in [2.75, 3.05) is 0 Å². The molecule has 0 unspecified atom stereocenters. The van der Waals surface area contributed by atoms with Gasteiger partial charge in [-0.1, -0.05) is 47.5 Å². The van der Waals surface area contributed by atoms with Gasteiger partial charge in [0.2, 0.25) is 5.89 Å². The summed E-state index contributed by atoms with van der Waals surface area (Å²) in [6.45, 7) is 2.03. The second kappa shape index (κ2) is 6.94. The van der Waals surface area contributed by atoms with E-state index in [1.807, 2.05) is 49.4 Å². The van der Waals surface area contributed by atoms with Crippen LogP contribution in [-0.2, 0) is 0 Å². The first kappa shape index (κ1) is 16.8. The van der Waals surface area contributed by atoms with Crippen LogP contribution in [0.15, 0.2) is 70.1 Å². The van der Waals surface area contributed by atoms with Crippen molar-refractivity contribution < 1.29 is 4.42 Å². The molecule has 1 aromatic heterocycles. The van der Waals surface area contributed by atoms with Crippen LogP contribution in [0.2, 0.25) is 10.0 Å². The number of aromatic nitrogens is 1. The predicted molar refractivity (Wildman–Crippen MR) is 108 cm³/mol. The van der Waals surface area contributed by atoms with Crippen LogP contribution in [0, 0.1) is 6.92 Å². The van der Waals surface area contributed by atoms with Gasteiger partial charge in [-0.3, -0.25) is 4.99 Å². The molecule has 0 bridgehead atoms. The molecule has 5 heteroatoms. The molecule has 4 rings (SSSR count). The minimum atomic E-state index is 0.561. The molecule has 26 heavy (non-hydrogen) atoms. The third-order valence-electron chi connectivity index (χ3n) is 4.09. The lowest BCUT2D eigenvalue weighted by Gasteiger charge is -2.00. The fourth-order valence-electron chi connectivity index (χ4n) is 2.70. The number of benzene rings is 3. The average Bonchev–Trinajstić information content (AvgIpc) is 3.04. The first-order valence-electron chi connectivity index (χ1n) is 8.06. The largest absolute Gasteiger partial charge is 0.436 e. The molecule has 3 aromatic carbocycles. The van der Waals surface area contributed by atoms with Crippen LogP contribution >= 0.6 is 23.2 Å². The van der Waals surface area contributed by atoms with E-state index in [1.165, 1.54) is 0 Å². The summed E-state index contributed by atoms with van der Waals surface area (Å²) in [5.41, 5.74) is 5.01. The molecule has 0 atom stereocenters. The van der Waals surface area contributed by atoms with Crippen molar-refractivity contribution >= 4 is 46.2 Å². The molecule has 0 N–H and O–H groups in total. The quantitative estimate of drug-likeness (QED) is 0.364. The number of fused-ring (bicyclic) bond motifs is 1. The lowest BCUT2D eigenvalue weighted by Crippen LogP contribution is -1.84. The van der Waals surface area contributed by atoms with Gasteiger partial charge in [0, 0.05) is 17.3 Å². The van der Waals surface area contributed by atoms with Gasteiger partial charge in [0.1, 0.15) is 5.52 Å². The molecule has 0 aliphatic rings. The number of rotatable bonds is 3. The van der Waals surface area contributed by atoms with Crippen molar-refractivity contribution in [2.45, 2.75) is 6.92 Å². The van der Waals surface area contributed by atoms with E-state index in [9.17, 15) is 0 Å². The topological polar surface area (TPSA) is 38.4 Å².